The van der Waals surface area contributed by atoms with E-state index in [2.05, 4.69) is 19.9 Å². The van der Waals surface area contributed by atoms with Gasteiger partial charge in [-0.3, -0.25) is 9.80 Å². The summed E-state index contributed by atoms with van der Waals surface area (Å²) >= 11 is 6.33. The molecule has 0 bridgehead atoms. The van der Waals surface area contributed by atoms with Crippen molar-refractivity contribution < 1.29 is 27.1 Å². The van der Waals surface area contributed by atoms with Crippen molar-refractivity contribution in [3.8, 4) is 0 Å². The van der Waals surface area contributed by atoms with Crippen LogP contribution in [0.15, 0.2) is 79.5 Å². The number of nitrogens with zero attached hydrogens (tertiary/aromatic N) is 6. The zero-order valence-corrected chi connectivity index (χ0v) is 25.7. The quantitative estimate of drug-likeness (QED) is 0.188. The van der Waals surface area contributed by atoms with Gasteiger partial charge in [-0.1, -0.05) is 35.9 Å². The predicted octanol–water partition coefficient (Wildman–Crippen LogP) is 6.33. The van der Waals surface area contributed by atoms with Gasteiger partial charge in [-0.05, 0) is 48.4 Å². The van der Waals surface area contributed by atoms with E-state index in [-0.39, 0.29) is 12.1 Å². The standard InChI is InChI=1S/C33H32ClF5N6O/c1-22(32(46,19-45-21-40-20-41-45)29-9-7-27(35)15-30(29)36)43-12-10-42(11-13-43)17-24-18-44(31-14-26(34)6-8-28(24)31)16-23-2-4-25(5-3-23)33(37,38)39/h2-9,14-15,18,20-22,46H,10-13,16-17,19H2,1H3/t22-,32-/m1/s1. The summed E-state index contributed by atoms with van der Waals surface area (Å²) in [5, 5.41) is 17.7. The number of rotatable bonds is 9. The van der Waals surface area contributed by atoms with Crippen molar-refractivity contribution in [2.24, 2.45) is 0 Å². The second-order valence-electron chi connectivity index (χ2n) is 11.8. The van der Waals surface area contributed by atoms with Crippen LogP contribution in [0.25, 0.3) is 10.9 Å². The first-order chi connectivity index (χ1) is 21.9. The molecule has 6 rings (SSSR count). The first kappa shape index (κ1) is 32.1. The first-order valence-electron chi connectivity index (χ1n) is 14.8. The molecule has 1 aliphatic heterocycles. The van der Waals surface area contributed by atoms with Gasteiger partial charge in [0.2, 0.25) is 0 Å². The number of benzene rings is 3. The van der Waals surface area contributed by atoms with Gasteiger partial charge >= 0.3 is 6.18 Å². The van der Waals surface area contributed by atoms with Crippen LogP contribution in [0.1, 0.15) is 29.2 Å². The van der Waals surface area contributed by atoms with E-state index in [0.717, 1.165) is 46.3 Å². The van der Waals surface area contributed by atoms with Crippen molar-refractivity contribution in [1.29, 1.82) is 0 Å². The van der Waals surface area contributed by atoms with Gasteiger partial charge in [0.15, 0.2) is 0 Å². The minimum atomic E-state index is -4.39. The van der Waals surface area contributed by atoms with E-state index < -0.39 is 35.0 Å². The maximum atomic E-state index is 15.0. The number of hydrogen-bond acceptors (Lipinski definition) is 5. The Hall–Kier alpha value is -3.84. The molecule has 242 valence electrons. The molecule has 0 spiro atoms. The van der Waals surface area contributed by atoms with Crippen molar-refractivity contribution in [3.05, 3.63) is 118 Å². The van der Waals surface area contributed by atoms with E-state index in [0.29, 0.717) is 44.3 Å². The van der Waals surface area contributed by atoms with Crippen LogP contribution in [0.4, 0.5) is 22.0 Å². The Morgan fingerprint density at radius 1 is 0.935 bits per heavy atom. The molecule has 13 heteroatoms. The Bertz CT molecular complexity index is 1800. The van der Waals surface area contributed by atoms with Crippen LogP contribution in [0.2, 0.25) is 5.02 Å². The Morgan fingerprint density at radius 3 is 2.33 bits per heavy atom. The second kappa shape index (κ2) is 12.7. The molecule has 1 N–H and O–H groups in total. The third kappa shape index (κ3) is 6.66. The molecule has 0 saturated carbocycles. The summed E-state index contributed by atoms with van der Waals surface area (Å²) in [4.78, 5) is 8.31. The zero-order chi connectivity index (χ0) is 32.6. The van der Waals surface area contributed by atoms with Gasteiger partial charge < -0.3 is 9.67 Å². The average molecular weight is 659 g/mol. The number of fused-ring (bicyclic) bond motifs is 1. The highest BCUT2D eigenvalue weighted by atomic mass is 35.5. The molecule has 2 aromatic heterocycles. The van der Waals surface area contributed by atoms with Gasteiger partial charge in [0.05, 0.1) is 17.6 Å². The van der Waals surface area contributed by atoms with E-state index in [4.69, 9.17) is 11.6 Å². The highest BCUT2D eigenvalue weighted by Crippen LogP contribution is 2.34. The molecule has 1 saturated heterocycles. The summed E-state index contributed by atoms with van der Waals surface area (Å²) in [6.07, 6.45) is 0.397. The molecule has 0 amide bonds. The fourth-order valence-electron chi connectivity index (χ4n) is 6.29. The minimum Gasteiger partial charge on any atom is -0.381 e. The lowest BCUT2D eigenvalue weighted by atomic mass is 9.85. The van der Waals surface area contributed by atoms with Crippen LogP contribution in [-0.4, -0.2) is 66.5 Å². The molecular formula is C33H32ClF5N6O. The average Bonchev–Trinajstić information content (AvgIpc) is 3.64. The van der Waals surface area contributed by atoms with E-state index >= 15 is 4.39 Å². The SMILES string of the molecule is C[C@@H](N1CCN(Cc2cn(Cc3ccc(C(F)(F)F)cc3)c3cc(Cl)ccc23)CC1)[C@](O)(Cn1cncn1)c1ccc(F)cc1F. The van der Waals surface area contributed by atoms with Gasteiger partial charge in [0.1, 0.15) is 29.9 Å². The lowest BCUT2D eigenvalue weighted by Crippen LogP contribution is -2.57. The molecule has 1 fully saturated rings. The number of hydrogen-bond donors (Lipinski definition) is 1. The normalized spacial score (nSPS) is 17.0. The molecule has 3 aromatic carbocycles. The third-order valence-electron chi connectivity index (χ3n) is 8.87. The van der Waals surface area contributed by atoms with Crippen molar-refractivity contribution >= 4 is 22.5 Å². The molecule has 7 nitrogen and oxygen atoms in total. The van der Waals surface area contributed by atoms with Crippen LogP contribution in [0.5, 0.6) is 0 Å². The number of alkyl halides is 3. The minimum absolute atomic E-state index is 0.0150. The highest BCUT2D eigenvalue weighted by Gasteiger charge is 2.42. The molecule has 0 aliphatic carbocycles. The smallest absolute Gasteiger partial charge is 0.381 e. The lowest BCUT2D eigenvalue weighted by molar-refractivity contribution is -0.137. The highest BCUT2D eigenvalue weighted by molar-refractivity contribution is 6.31. The number of aliphatic hydroxyl groups is 1. The van der Waals surface area contributed by atoms with Crippen molar-refractivity contribution in [3.63, 3.8) is 0 Å². The zero-order valence-electron chi connectivity index (χ0n) is 24.9. The predicted molar refractivity (Wildman–Crippen MR) is 164 cm³/mol. The molecule has 3 heterocycles. The fraction of sp³-hybridized carbons (Fsp3) is 0.333. The number of aromatic nitrogens is 4. The summed E-state index contributed by atoms with van der Waals surface area (Å²) < 4.78 is 71.4. The monoisotopic (exact) mass is 658 g/mol. The second-order valence-corrected chi connectivity index (χ2v) is 12.2. The van der Waals surface area contributed by atoms with Crippen LogP contribution in [0, 0.1) is 11.6 Å². The van der Waals surface area contributed by atoms with Gasteiger partial charge in [-0.15, -0.1) is 0 Å². The number of halogens is 6. The summed E-state index contributed by atoms with van der Waals surface area (Å²) in [6.45, 7) is 5.25. The van der Waals surface area contributed by atoms with Crippen LogP contribution in [0.3, 0.4) is 0 Å². The van der Waals surface area contributed by atoms with Gasteiger partial charge in [-0.25, -0.2) is 18.4 Å². The summed E-state index contributed by atoms with van der Waals surface area (Å²) in [5.41, 5.74) is 0.239. The van der Waals surface area contributed by atoms with Gasteiger partial charge in [0.25, 0.3) is 0 Å². The van der Waals surface area contributed by atoms with Crippen LogP contribution >= 0.6 is 11.6 Å². The molecule has 46 heavy (non-hydrogen) atoms. The topological polar surface area (TPSA) is 62.4 Å². The molecular weight excluding hydrogens is 627 g/mol. The Morgan fingerprint density at radius 2 is 1.67 bits per heavy atom. The third-order valence-corrected chi connectivity index (χ3v) is 9.10. The summed E-state index contributed by atoms with van der Waals surface area (Å²) in [5.74, 6) is -1.56. The molecule has 5 aromatic rings. The van der Waals surface area contributed by atoms with E-state index in [9.17, 15) is 22.7 Å². The van der Waals surface area contributed by atoms with Crippen molar-refractivity contribution in [1.82, 2.24) is 29.1 Å². The van der Waals surface area contributed by atoms with E-state index in [1.54, 1.807) is 0 Å². The fourth-order valence-corrected chi connectivity index (χ4v) is 6.46. The van der Waals surface area contributed by atoms with E-state index in [1.807, 2.05) is 35.9 Å². The molecule has 2 atom stereocenters. The Labute approximate surface area is 267 Å². The first-order valence-corrected chi connectivity index (χ1v) is 15.2. The maximum Gasteiger partial charge on any atom is 0.416 e. The van der Waals surface area contributed by atoms with Crippen LogP contribution < -0.4 is 0 Å². The largest absolute Gasteiger partial charge is 0.416 e. The Balaban J connectivity index is 1.18. The van der Waals surface area contributed by atoms with Crippen molar-refractivity contribution in [2.45, 2.75) is 44.4 Å². The summed E-state index contributed by atoms with van der Waals surface area (Å²) in [7, 11) is 0. The van der Waals surface area contributed by atoms with Gasteiger partial charge in [0, 0.05) is 73.5 Å². The van der Waals surface area contributed by atoms with Crippen molar-refractivity contribution in [2.75, 3.05) is 26.2 Å². The summed E-state index contributed by atoms with van der Waals surface area (Å²) in [6, 6.07) is 13.4. The number of piperazine rings is 1. The van der Waals surface area contributed by atoms with E-state index in [1.165, 1.54) is 35.5 Å². The van der Waals surface area contributed by atoms with Crippen LogP contribution in [-0.2, 0) is 31.4 Å². The molecule has 1 aliphatic rings. The Kier molecular flexibility index (Phi) is 8.90. The van der Waals surface area contributed by atoms with Gasteiger partial charge in [-0.2, -0.15) is 18.3 Å². The molecule has 0 unspecified atom stereocenters. The lowest BCUT2D eigenvalue weighted by Gasteiger charge is -2.45. The molecule has 0 radical (unpaired) electrons. The maximum absolute atomic E-state index is 15.0.